The quantitative estimate of drug-likeness (QED) is 0.505. The van der Waals surface area contributed by atoms with Gasteiger partial charge in [0.1, 0.15) is 0 Å². The monoisotopic (exact) mass is 213 g/mol. The molecule has 0 spiro atoms. The third-order valence-corrected chi connectivity index (χ3v) is 3.13. The van der Waals surface area contributed by atoms with Crippen molar-refractivity contribution in [3.8, 4) is 0 Å². The van der Waals surface area contributed by atoms with Crippen LogP contribution in [0.2, 0.25) is 0 Å². The Morgan fingerprint density at radius 2 is 1.67 bits per heavy atom. The number of hydrogen-bond donors (Lipinski definition) is 3. The van der Waals surface area contributed by atoms with Crippen molar-refractivity contribution in [1.82, 2.24) is 10.6 Å². The summed E-state index contributed by atoms with van der Waals surface area (Å²) in [5.41, 5.74) is 5.42. The van der Waals surface area contributed by atoms with Gasteiger partial charge >= 0.3 is 0 Å². The van der Waals surface area contributed by atoms with Gasteiger partial charge in [0.15, 0.2) is 0 Å². The number of unbranched alkanes of at least 4 members (excludes halogenated alkanes) is 1. The molecular weight excluding hydrogens is 186 g/mol. The summed E-state index contributed by atoms with van der Waals surface area (Å²) < 4.78 is 0. The van der Waals surface area contributed by atoms with Crippen molar-refractivity contribution in [3.05, 3.63) is 0 Å². The highest BCUT2D eigenvalue weighted by Gasteiger charge is 2.12. The maximum atomic E-state index is 5.42. The van der Waals surface area contributed by atoms with Gasteiger partial charge in [0.05, 0.1) is 0 Å². The van der Waals surface area contributed by atoms with Crippen molar-refractivity contribution in [2.24, 2.45) is 5.73 Å². The molecule has 0 heterocycles. The van der Waals surface area contributed by atoms with Crippen molar-refractivity contribution in [1.29, 1.82) is 0 Å². The first-order valence-corrected chi connectivity index (χ1v) is 6.57. The third kappa shape index (κ3) is 6.88. The van der Waals surface area contributed by atoms with Gasteiger partial charge in [0, 0.05) is 6.04 Å². The van der Waals surface area contributed by atoms with E-state index < -0.39 is 0 Å². The van der Waals surface area contributed by atoms with Crippen LogP contribution < -0.4 is 16.4 Å². The molecule has 3 heteroatoms. The lowest BCUT2D eigenvalue weighted by Crippen LogP contribution is -2.29. The van der Waals surface area contributed by atoms with Crippen LogP contribution >= 0.6 is 0 Å². The minimum absolute atomic E-state index is 0.822. The first-order chi connectivity index (χ1) is 7.43. The smallest absolute Gasteiger partial charge is 0.00670 e. The zero-order valence-electron chi connectivity index (χ0n) is 9.93. The lowest BCUT2D eigenvalue weighted by molar-refractivity contribution is 0.502. The normalized spacial score (nSPS) is 17.4. The number of nitrogens with one attached hydrogen (secondary N) is 2. The van der Waals surface area contributed by atoms with Crippen molar-refractivity contribution >= 4 is 0 Å². The molecule has 4 N–H and O–H groups in total. The summed E-state index contributed by atoms with van der Waals surface area (Å²) in [7, 11) is 0. The molecule has 0 aliphatic heterocycles. The van der Waals surface area contributed by atoms with Crippen molar-refractivity contribution in [2.75, 3.05) is 26.2 Å². The third-order valence-electron chi connectivity index (χ3n) is 3.13. The highest BCUT2D eigenvalue weighted by atomic mass is 14.9. The topological polar surface area (TPSA) is 50.1 Å². The second-order valence-electron chi connectivity index (χ2n) is 4.53. The SMILES string of the molecule is NCCCCNCCCNC1CCCC1. The average Bonchev–Trinajstić information content (AvgIpc) is 2.75. The van der Waals surface area contributed by atoms with Crippen LogP contribution in [0.4, 0.5) is 0 Å². The van der Waals surface area contributed by atoms with E-state index in [9.17, 15) is 0 Å². The first kappa shape index (κ1) is 12.9. The molecule has 0 bridgehead atoms. The van der Waals surface area contributed by atoms with E-state index in [0.29, 0.717) is 0 Å². The van der Waals surface area contributed by atoms with Crippen molar-refractivity contribution < 1.29 is 0 Å². The molecule has 1 rings (SSSR count). The first-order valence-electron chi connectivity index (χ1n) is 6.57. The van der Waals surface area contributed by atoms with Gasteiger partial charge < -0.3 is 16.4 Å². The Morgan fingerprint density at radius 1 is 0.933 bits per heavy atom. The molecule has 0 unspecified atom stereocenters. The van der Waals surface area contributed by atoms with Gasteiger partial charge in [0.2, 0.25) is 0 Å². The largest absolute Gasteiger partial charge is 0.330 e. The fraction of sp³-hybridized carbons (Fsp3) is 1.00. The molecule has 3 nitrogen and oxygen atoms in total. The van der Waals surface area contributed by atoms with Crippen molar-refractivity contribution in [3.63, 3.8) is 0 Å². The lowest BCUT2D eigenvalue weighted by atomic mass is 10.2. The van der Waals surface area contributed by atoms with Crippen LogP contribution in [0.15, 0.2) is 0 Å². The standard InChI is InChI=1S/C12H27N3/c13-8-3-4-9-14-10-5-11-15-12-6-1-2-7-12/h12,14-15H,1-11,13H2. The summed E-state index contributed by atoms with van der Waals surface area (Å²) in [6, 6.07) is 0.822. The molecule has 0 aromatic heterocycles. The Labute approximate surface area is 94.2 Å². The molecule has 0 atom stereocenters. The van der Waals surface area contributed by atoms with Crippen LogP contribution in [0.25, 0.3) is 0 Å². The zero-order valence-corrected chi connectivity index (χ0v) is 9.93. The predicted molar refractivity (Wildman–Crippen MR) is 66.0 cm³/mol. The molecule has 0 radical (unpaired) electrons. The number of nitrogens with two attached hydrogens (primary N) is 1. The molecule has 90 valence electrons. The lowest BCUT2D eigenvalue weighted by Gasteiger charge is -2.11. The van der Waals surface area contributed by atoms with E-state index in [1.807, 2.05) is 0 Å². The number of hydrogen-bond acceptors (Lipinski definition) is 3. The predicted octanol–water partition coefficient (Wildman–Crippen LogP) is 1.24. The molecule has 0 aromatic rings. The van der Waals surface area contributed by atoms with E-state index in [1.54, 1.807) is 0 Å². The Kier molecular flexibility index (Phi) is 7.88. The summed E-state index contributed by atoms with van der Waals surface area (Å²) in [5.74, 6) is 0. The van der Waals surface area contributed by atoms with Crippen molar-refractivity contribution in [2.45, 2.75) is 51.0 Å². The fourth-order valence-electron chi connectivity index (χ4n) is 2.17. The minimum Gasteiger partial charge on any atom is -0.330 e. The van der Waals surface area contributed by atoms with E-state index in [1.165, 1.54) is 45.1 Å². The minimum atomic E-state index is 0.822. The van der Waals surface area contributed by atoms with Gasteiger partial charge in [-0.15, -0.1) is 0 Å². The average molecular weight is 213 g/mol. The highest BCUT2D eigenvalue weighted by Crippen LogP contribution is 2.17. The van der Waals surface area contributed by atoms with Gasteiger partial charge in [-0.3, -0.25) is 0 Å². The summed E-state index contributed by atoms with van der Waals surface area (Å²) in [4.78, 5) is 0. The van der Waals surface area contributed by atoms with Crippen LogP contribution in [-0.4, -0.2) is 32.2 Å². The van der Waals surface area contributed by atoms with E-state index in [0.717, 1.165) is 32.1 Å². The highest BCUT2D eigenvalue weighted by molar-refractivity contribution is 4.73. The van der Waals surface area contributed by atoms with Crippen LogP contribution in [-0.2, 0) is 0 Å². The van der Waals surface area contributed by atoms with E-state index in [2.05, 4.69) is 10.6 Å². The fourth-order valence-corrected chi connectivity index (χ4v) is 2.17. The second kappa shape index (κ2) is 9.13. The Morgan fingerprint density at radius 3 is 2.40 bits per heavy atom. The van der Waals surface area contributed by atoms with Gasteiger partial charge in [-0.2, -0.15) is 0 Å². The van der Waals surface area contributed by atoms with E-state index in [-0.39, 0.29) is 0 Å². The van der Waals surface area contributed by atoms with Gasteiger partial charge in [0.25, 0.3) is 0 Å². The summed E-state index contributed by atoms with van der Waals surface area (Å²) >= 11 is 0. The van der Waals surface area contributed by atoms with Crippen LogP contribution in [0.1, 0.15) is 44.9 Å². The van der Waals surface area contributed by atoms with Crippen LogP contribution in [0.3, 0.4) is 0 Å². The molecule has 0 saturated heterocycles. The van der Waals surface area contributed by atoms with E-state index >= 15 is 0 Å². The van der Waals surface area contributed by atoms with Crippen LogP contribution in [0, 0.1) is 0 Å². The maximum absolute atomic E-state index is 5.42. The molecule has 1 aliphatic rings. The Hall–Kier alpha value is -0.120. The maximum Gasteiger partial charge on any atom is 0.00670 e. The summed E-state index contributed by atoms with van der Waals surface area (Å²) in [5, 5.41) is 7.07. The van der Waals surface area contributed by atoms with E-state index in [4.69, 9.17) is 5.73 Å². The molecular formula is C12H27N3. The van der Waals surface area contributed by atoms with Crippen LogP contribution in [0.5, 0.6) is 0 Å². The zero-order chi connectivity index (χ0) is 10.8. The molecule has 1 saturated carbocycles. The Bertz CT molecular complexity index is 133. The number of rotatable bonds is 9. The molecule has 0 amide bonds. The second-order valence-corrected chi connectivity index (χ2v) is 4.53. The van der Waals surface area contributed by atoms with Gasteiger partial charge in [-0.25, -0.2) is 0 Å². The molecule has 0 aromatic carbocycles. The van der Waals surface area contributed by atoms with Gasteiger partial charge in [-0.1, -0.05) is 12.8 Å². The molecule has 1 fully saturated rings. The summed E-state index contributed by atoms with van der Waals surface area (Å²) in [6.45, 7) is 4.27. The molecule has 15 heavy (non-hydrogen) atoms. The Balaban J connectivity index is 1.73. The van der Waals surface area contributed by atoms with Gasteiger partial charge in [-0.05, 0) is 58.3 Å². The summed E-state index contributed by atoms with van der Waals surface area (Å²) in [6.07, 6.45) is 9.25. The molecule has 1 aliphatic carbocycles.